The van der Waals surface area contributed by atoms with Crippen molar-refractivity contribution < 1.29 is 17.2 Å². The standard InChI is InChI=1S/C14H8BrClF2N2O2S/c15-9-4-11(18)13(5-10(9)17)20-23(21,22)14-6-19-12-3-7(16)1-2-8(12)14/h1-6,19-20H. The second kappa shape index (κ2) is 5.77. The average molecular weight is 422 g/mol. The van der Waals surface area contributed by atoms with Gasteiger partial charge in [0.15, 0.2) is 0 Å². The summed E-state index contributed by atoms with van der Waals surface area (Å²) in [6, 6.07) is 6.25. The van der Waals surface area contributed by atoms with E-state index in [1.54, 1.807) is 6.07 Å². The lowest BCUT2D eigenvalue weighted by atomic mass is 10.2. The minimum absolute atomic E-state index is 0.0908. The fourth-order valence-electron chi connectivity index (χ4n) is 2.09. The fraction of sp³-hybridized carbons (Fsp3) is 0. The first kappa shape index (κ1) is 16.2. The first-order valence-electron chi connectivity index (χ1n) is 6.22. The Balaban J connectivity index is 2.06. The normalized spacial score (nSPS) is 11.8. The summed E-state index contributed by atoms with van der Waals surface area (Å²) in [7, 11) is -4.11. The first-order chi connectivity index (χ1) is 10.8. The van der Waals surface area contributed by atoms with Crippen molar-refractivity contribution in [1.82, 2.24) is 4.98 Å². The zero-order valence-electron chi connectivity index (χ0n) is 11.2. The van der Waals surface area contributed by atoms with E-state index in [9.17, 15) is 17.2 Å². The zero-order chi connectivity index (χ0) is 16.8. The van der Waals surface area contributed by atoms with E-state index in [4.69, 9.17) is 11.6 Å². The third-order valence-electron chi connectivity index (χ3n) is 3.15. The Kier molecular flexibility index (Phi) is 4.07. The number of anilines is 1. The molecule has 0 atom stereocenters. The average Bonchev–Trinajstić information content (AvgIpc) is 2.88. The highest BCUT2D eigenvalue weighted by atomic mass is 79.9. The fourth-order valence-corrected chi connectivity index (χ4v) is 3.82. The van der Waals surface area contributed by atoms with Gasteiger partial charge in [0.05, 0.1) is 10.2 Å². The number of rotatable bonds is 3. The van der Waals surface area contributed by atoms with Crippen molar-refractivity contribution in [2.75, 3.05) is 4.72 Å². The molecule has 23 heavy (non-hydrogen) atoms. The Morgan fingerprint density at radius 1 is 1.13 bits per heavy atom. The summed E-state index contributed by atoms with van der Waals surface area (Å²) in [6.45, 7) is 0. The quantitative estimate of drug-likeness (QED) is 0.604. The van der Waals surface area contributed by atoms with Gasteiger partial charge in [-0.15, -0.1) is 0 Å². The van der Waals surface area contributed by atoms with E-state index in [1.165, 1.54) is 18.3 Å². The SMILES string of the molecule is O=S(=O)(Nc1cc(F)c(Br)cc1F)c1c[nH]c2cc(Cl)ccc12. The summed E-state index contributed by atoms with van der Waals surface area (Å²) < 4.78 is 54.2. The summed E-state index contributed by atoms with van der Waals surface area (Å²) in [5.41, 5.74) is 0.0364. The van der Waals surface area contributed by atoms with Gasteiger partial charge in [-0.25, -0.2) is 17.2 Å². The molecule has 120 valence electrons. The number of hydrogen-bond acceptors (Lipinski definition) is 2. The predicted molar refractivity (Wildman–Crippen MR) is 88.2 cm³/mol. The smallest absolute Gasteiger partial charge is 0.264 e. The second-order valence-corrected chi connectivity index (χ2v) is 7.64. The van der Waals surface area contributed by atoms with E-state index < -0.39 is 27.3 Å². The Morgan fingerprint density at radius 2 is 1.87 bits per heavy atom. The molecular weight excluding hydrogens is 414 g/mol. The molecule has 0 saturated carbocycles. The van der Waals surface area contributed by atoms with Crippen LogP contribution in [0.25, 0.3) is 10.9 Å². The minimum Gasteiger partial charge on any atom is -0.360 e. The molecule has 0 radical (unpaired) electrons. The van der Waals surface area contributed by atoms with Gasteiger partial charge in [0.2, 0.25) is 0 Å². The van der Waals surface area contributed by atoms with Gasteiger partial charge >= 0.3 is 0 Å². The van der Waals surface area contributed by atoms with E-state index in [1.807, 2.05) is 4.72 Å². The summed E-state index contributed by atoms with van der Waals surface area (Å²) in [4.78, 5) is 2.69. The van der Waals surface area contributed by atoms with Crippen LogP contribution in [0.15, 0.2) is 45.9 Å². The number of aromatic nitrogens is 1. The van der Waals surface area contributed by atoms with Gasteiger partial charge in [0, 0.05) is 28.2 Å². The molecule has 0 saturated heterocycles. The maximum atomic E-state index is 13.8. The van der Waals surface area contributed by atoms with Gasteiger partial charge in [0.1, 0.15) is 16.5 Å². The molecule has 1 heterocycles. The number of hydrogen-bond donors (Lipinski definition) is 2. The molecule has 0 unspecified atom stereocenters. The maximum absolute atomic E-state index is 13.8. The van der Waals surface area contributed by atoms with E-state index in [2.05, 4.69) is 20.9 Å². The molecule has 3 rings (SSSR count). The third kappa shape index (κ3) is 3.06. The van der Waals surface area contributed by atoms with Crippen molar-refractivity contribution in [2.45, 2.75) is 4.90 Å². The van der Waals surface area contributed by atoms with Crippen LogP contribution in [0.4, 0.5) is 14.5 Å². The van der Waals surface area contributed by atoms with E-state index in [-0.39, 0.29) is 9.37 Å². The second-order valence-electron chi connectivity index (χ2n) is 4.69. The van der Waals surface area contributed by atoms with Crippen molar-refractivity contribution in [3.63, 3.8) is 0 Å². The largest absolute Gasteiger partial charge is 0.360 e. The number of H-pyrrole nitrogens is 1. The Bertz CT molecular complexity index is 1020. The van der Waals surface area contributed by atoms with E-state index in [0.717, 1.165) is 12.1 Å². The van der Waals surface area contributed by atoms with Crippen molar-refractivity contribution in [3.05, 3.63) is 57.7 Å². The number of halogens is 4. The number of nitrogens with one attached hydrogen (secondary N) is 2. The van der Waals surface area contributed by atoms with Crippen molar-refractivity contribution in [1.29, 1.82) is 0 Å². The van der Waals surface area contributed by atoms with Gasteiger partial charge in [-0.3, -0.25) is 4.72 Å². The number of benzene rings is 2. The molecule has 2 N–H and O–H groups in total. The van der Waals surface area contributed by atoms with Crippen molar-refractivity contribution in [3.8, 4) is 0 Å². The van der Waals surface area contributed by atoms with E-state index >= 15 is 0 Å². The van der Waals surface area contributed by atoms with Crippen LogP contribution in [0, 0.1) is 11.6 Å². The molecule has 4 nitrogen and oxygen atoms in total. The summed E-state index contributed by atoms with van der Waals surface area (Å²) in [6.07, 6.45) is 1.26. The topological polar surface area (TPSA) is 62.0 Å². The highest BCUT2D eigenvalue weighted by Gasteiger charge is 2.21. The molecule has 3 aromatic rings. The van der Waals surface area contributed by atoms with Crippen LogP contribution in [0.1, 0.15) is 0 Å². The monoisotopic (exact) mass is 420 g/mol. The van der Waals surface area contributed by atoms with E-state index in [0.29, 0.717) is 15.9 Å². The van der Waals surface area contributed by atoms with Crippen LogP contribution >= 0.6 is 27.5 Å². The molecule has 0 spiro atoms. The van der Waals surface area contributed by atoms with Crippen molar-refractivity contribution in [2.24, 2.45) is 0 Å². The van der Waals surface area contributed by atoms with Gasteiger partial charge in [-0.1, -0.05) is 11.6 Å². The maximum Gasteiger partial charge on any atom is 0.264 e. The van der Waals surface area contributed by atoms with Gasteiger partial charge < -0.3 is 4.98 Å². The number of sulfonamides is 1. The zero-order valence-corrected chi connectivity index (χ0v) is 14.4. The van der Waals surface area contributed by atoms with Crippen molar-refractivity contribution >= 4 is 54.1 Å². The lowest BCUT2D eigenvalue weighted by Crippen LogP contribution is -2.14. The van der Waals surface area contributed by atoms with Crippen LogP contribution in [-0.4, -0.2) is 13.4 Å². The van der Waals surface area contributed by atoms with Crippen LogP contribution in [0.5, 0.6) is 0 Å². The molecule has 0 aliphatic rings. The summed E-state index contributed by atoms with van der Waals surface area (Å²) in [5, 5.41) is 0.831. The van der Waals surface area contributed by atoms with Crippen LogP contribution in [-0.2, 0) is 10.0 Å². The minimum atomic E-state index is -4.11. The Hall–Kier alpha value is -1.64. The third-order valence-corrected chi connectivity index (χ3v) is 5.40. The molecule has 0 amide bonds. The summed E-state index contributed by atoms with van der Waals surface area (Å²) >= 11 is 8.67. The number of fused-ring (bicyclic) bond motifs is 1. The molecule has 2 aromatic carbocycles. The lowest BCUT2D eigenvalue weighted by Gasteiger charge is -2.09. The Labute approximate surface area is 143 Å². The van der Waals surface area contributed by atoms with Gasteiger partial charge in [-0.2, -0.15) is 0 Å². The molecule has 0 bridgehead atoms. The lowest BCUT2D eigenvalue weighted by molar-refractivity contribution is 0.592. The highest BCUT2D eigenvalue weighted by molar-refractivity contribution is 9.10. The molecule has 0 fully saturated rings. The highest BCUT2D eigenvalue weighted by Crippen LogP contribution is 2.29. The molecule has 0 aliphatic carbocycles. The molecule has 0 aliphatic heterocycles. The van der Waals surface area contributed by atoms with Crippen LogP contribution in [0.3, 0.4) is 0 Å². The van der Waals surface area contributed by atoms with Crippen LogP contribution < -0.4 is 4.72 Å². The Morgan fingerprint density at radius 3 is 2.61 bits per heavy atom. The molecule has 9 heteroatoms. The predicted octanol–water partition coefficient (Wildman–Crippen LogP) is 4.66. The molecule has 1 aromatic heterocycles. The number of aromatic amines is 1. The molecular formula is C14H8BrClF2N2O2S. The van der Waals surface area contributed by atoms with Crippen LogP contribution in [0.2, 0.25) is 5.02 Å². The summed E-state index contributed by atoms with van der Waals surface area (Å²) in [5.74, 6) is -1.68. The van der Waals surface area contributed by atoms with Gasteiger partial charge in [0.25, 0.3) is 10.0 Å². The first-order valence-corrected chi connectivity index (χ1v) is 8.87. The van der Waals surface area contributed by atoms with Gasteiger partial charge in [-0.05, 0) is 40.2 Å².